The molecular weight excluding hydrogens is 334 g/mol. The lowest BCUT2D eigenvalue weighted by Crippen LogP contribution is -2.44. The van der Waals surface area contributed by atoms with E-state index in [9.17, 15) is 13.6 Å². The molecule has 2 aromatic rings. The Morgan fingerprint density at radius 2 is 1.58 bits per heavy atom. The summed E-state index contributed by atoms with van der Waals surface area (Å²) in [5, 5.41) is 0. The van der Waals surface area contributed by atoms with Gasteiger partial charge in [0.1, 0.15) is 11.6 Å². The highest BCUT2D eigenvalue weighted by molar-refractivity contribution is 6.04. The van der Waals surface area contributed by atoms with Gasteiger partial charge >= 0.3 is 0 Å². The standard InChI is InChI=1S/C21H22F2N2O/c22-18-7-4-8-19(23)21(18)20(26)10-12-25-15-13-24(14-16-25)11-9-17-5-2-1-3-6-17/h1-8,10,12H,9,11,13-16H2/b12-10+. The fourth-order valence-electron chi connectivity index (χ4n) is 3.06. The Hall–Kier alpha value is -2.53. The summed E-state index contributed by atoms with van der Waals surface area (Å²) < 4.78 is 27.3. The molecule has 0 radical (unpaired) electrons. The number of ketones is 1. The molecule has 3 nitrogen and oxygen atoms in total. The van der Waals surface area contributed by atoms with Gasteiger partial charge in [0.05, 0.1) is 5.56 Å². The van der Waals surface area contributed by atoms with Crippen LogP contribution in [0.3, 0.4) is 0 Å². The highest BCUT2D eigenvalue weighted by Crippen LogP contribution is 2.14. The molecule has 3 rings (SSSR count). The molecule has 0 spiro atoms. The summed E-state index contributed by atoms with van der Waals surface area (Å²) in [5.74, 6) is -2.30. The van der Waals surface area contributed by atoms with Crippen molar-refractivity contribution in [2.75, 3.05) is 32.7 Å². The second kappa shape index (κ2) is 8.72. The number of nitrogens with zero attached hydrogens (tertiary/aromatic N) is 2. The lowest BCUT2D eigenvalue weighted by molar-refractivity contribution is 0.103. The summed E-state index contributed by atoms with van der Waals surface area (Å²) in [6, 6.07) is 13.8. The van der Waals surface area contributed by atoms with E-state index in [4.69, 9.17) is 0 Å². The SMILES string of the molecule is O=C(/C=C/N1CCN(CCc2ccccc2)CC1)c1c(F)cccc1F. The molecule has 0 unspecified atom stereocenters. The topological polar surface area (TPSA) is 23.6 Å². The number of benzene rings is 2. The molecule has 2 aromatic carbocycles. The fraction of sp³-hybridized carbons (Fsp3) is 0.286. The minimum Gasteiger partial charge on any atom is -0.375 e. The van der Waals surface area contributed by atoms with Crippen LogP contribution in [0.2, 0.25) is 0 Å². The van der Waals surface area contributed by atoms with Gasteiger partial charge in [0.2, 0.25) is 0 Å². The summed E-state index contributed by atoms with van der Waals surface area (Å²) in [7, 11) is 0. The Morgan fingerprint density at radius 1 is 0.923 bits per heavy atom. The van der Waals surface area contributed by atoms with E-state index in [1.165, 1.54) is 17.7 Å². The molecule has 0 saturated carbocycles. The maximum atomic E-state index is 13.6. The first-order valence-corrected chi connectivity index (χ1v) is 8.80. The van der Waals surface area contributed by atoms with Gasteiger partial charge in [-0.3, -0.25) is 9.69 Å². The summed E-state index contributed by atoms with van der Waals surface area (Å²) in [6.07, 6.45) is 3.91. The number of carbonyl (C=O) groups is 1. The molecule has 5 heteroatoms. The van der Waals surface area contributed by atoms with Crippen molar-refractivity contribution < 1.29 is 13.6 Å². The summed E-state index contributed by atoms with van der Waals surface area (Å²) in [5.41, 5.74) is 0.831. The number of hydrogen-bond donors (Lipinski definition) is 0. The van der Waals surface area contributed by atoms with Crippen molar-refractivity contribution in [2.45, 2.75) is 6.42 Å². The predicted octanol–water partition coefficient (Wildman–Crippen LogP) is 3.52. The van der Waals surface area contributed by atoms with Gasteiger partial charge in [-0.15, -0.1) is 0 Å². The fourth-order valence-corrected chi connectivity index (χ4v) is 3.06. The first-order valence-electron chi connectivity index (χ1n) is 8.80. The van der Waals surface area contributed by atoms with Crippen molar-refractivity contribution in [1.29, 1.82) is 0 Å². The molecule has 0 N–H and O–H groups in total. The third-order valence-electron chi connectivity index (χ3n) is 4.61. The minimum absolute atomic E-state index is 0.495. The Bertz CT molecular complexity index is 749. The van der Waals surface area contributed by atoms with E-state index < -0.39 is 23.0 Å². The van der Waals surface area contributed by atoms with Crippen molar-refractivity contribution in [1.82, 2.24) is 9.80 Å². The van der Waals surface area contributed by atoms with Crippen LogP contribution in [0.4, 0.5) is 8.78 Å². The van der Waals surface area contributed by atoms with Crippen LogP contribution < -0.4 is 0 Å². The van der Waals surface area contributed by atoms with Crippen LogP contribution in [0.5, 0.6) is 0 Å². The first kappa shape index (κ1) is 18.3. The average molecular weight is 356 g/mol. The van der Waals surface area contributed by atoms with E-state index in [1.807, 2.05) is 23.1 Å². The van der Waals surface area contributed by atoms with Gasteiger partial charge in [-0.25, -0.2) is 8.78 Å². The second-order valence-corrected chi connectivity index (χ2v) is 6.39. The Morgan fingerprint density at radius 3 is 2.23 bits per heavy atom. The van der Waals surface area contributed by atoms with E-state index in [1.54, 1.807) is 6.20 Å². The summed E-state index contributed by atoms with van der Waals surface area (Å²) in [4.78, 5) is 16.4. The molecule has 0 aromatic heterocycles. The van der Waals surface area contributed by atoms with Gasteiger partial charge in [0, 0.05) is 45.0 Å². The van der Waals surface area contributed by atoms with Crippen molar-refractivity contribution in [2.24, 2.45) is 0 Å². The third kappa shape index (κ3) is 4.76. The Labute approximate surface area is 152 Å². The lowest BCUT2D eigenvalue weighted by atomic mass is 10.1. The van der Waals surface area contributed by atoms with Crippen LogP contribution in [-0.2, 0) is 6.42 Å². The smallest absolute Gasteiger partial charge is 0.193 e. The molecule has 1 fully saturated rings. The maximum absolute atomic E-state index is 13.6. The van der Waals surface area contributed by atoms with Crippen LogP contribution >= 0.6 is 0 Å². The predicted molar refractivity (Wildman–Crippen MR) is 98.0 cm³/mol. The number of allylic oxidation sites excluding steroid dienone is 1. The van der Waals surface area contributed by atoms with Crippen LogP contribution in [-0.4, -0.2) is 48.3 Å². The zero-order valence-corrected chi connectivity index (χ0v) is 14.6. The van der Waals surface area contributed by atoms with Gasteiger partial charge in [0.15, 0.2) is 5.78 Å². The van der Waals surface area contributed by atoms with E-state index >= 15 is 0 Å². The Balaban J connectivity index is 1.48. The van der Waals surface area contributed by atoms with Gasteiger partial charge in [-0.2, -0.15) is 0 Å². The quantitative estimate of drug-likeness (QED) is 0.584. The molecule has 0 aliphatic carbocycles. The van der Waals surface area contributed by atoms with E-state index in [2.05, 4.69) is 17.0 Å². The molecule has 0 atom stereocenters. The highest BCUT2D eigenvalue weighted by Gasteiger charge is 2.17. The second-order valence-electron chi connectivity index (χ2n) is 6.39. The minimum atomic E-state index is -0.828. The Kier molecular flexibility index (Phi) is 6.12. The number of rotatable bonds is 6. The van der Waals surface area contributed by atoms with Gasteiger partial charge in [-0.1, -0.05) is 36.4 Å². The molecule has 1 aliphatic heterocycles. The molecule has 0 amide bonds. The largest absolute Gasteiger partial charge is 0.375 e. The van der Waals surface area contributed by atoms with Gasteiger partial charge in [0.25, 0.3) is 0 Å². The highest BCUT2D eigenvalue weighted by atomic mass is 19.1. The van der Waals surface area contributed by atoms with Crippen molar-refractivity contribution in [3.05, 3.63) is 83.6 Å². The van der Waals surface area contributed by atoms with E-state index in [-0.39, 0.29) is 0 Å². The third-order valence-corrected chi connectivity index (χ3v) is 4.61. The molecule has 1 aliphatic rings. The normalized spacial score (nSPS) is 15.5. The molecular formula is C21H22F2N2O. The number of hydrogen-bond acceptors (Lipinski definition) is 3. The number of halogens is 2. The van der Waals surface area contributed by atoms with E-state index in [0.29, 0.717) is 0 Å². The van der Waals surface area contributed by atoms with E-state index in [0.717, 1.165) is 51.3 Å². The number of piperazine rings is 1. The summed E-state index contributed by atoms with van der Waals surface area (Å²) in [6.45, 7) is 4.39. The lowest BCUT2D eigenvalue weighted by Gasteiger charge is -2.34. The number of carbonyl (C=O) groups excluding carboxylic acids is 1. The zero-order valence-electron chi connectivity index (χ0n) is 14.6. The summed E-state index contributed by atoms with van der Waals surface area (Å²) >= 11 is 0. The monoisotopic (exact) mass is 356 g/mol. The van der Waals surface area contributed by atoms with Gasteiger partial charge in [-0.05, 0) is 24.1 Å². The maximum Gasteiger partial charge on any atom is 0.193 e. The average Bonchev–Trinajstić information content (AvgIpc) is 2.66. The first-order chi connectivity index (χ1) is 12.6. The van der Waals surface area contributed by atoms with Crippen molar-refractivity contribution in [3.63, 3.8) is 0 Å². The van der Waals surface area contributed by atoms with Gasteiger partial charge < -0.3 is 4.90 Å². The molecule has 1 heterocycles. The van der Waals surface area contributed by atoms with Crippen LogP contribution in [0.25, 0.3) is 0 Å². The molecule has 0 bridgehead atoms. The van der Waals surface area contributed by atoms with Crippen molar-refractivity contribution in [3.8, 4) is 0 Å². The molecule has 1 saturated heterocycles. The van der Waals surface area contributed by atoms with Crippen LogP contribution in [0.15, 0.2) is 60.8 Å². The zero-order chi connectivity index (χ0) is 18.4. The molecule has 26 heavy (non-hydrogen) atoms. The van der Waals surface area contributed by atoms with Crippen LogP contribution in [0, 0.1) is 11.6 Å². The molecule has 136 valence electrons. The van der Waals surface area contributed by atoms with Crippen molar-refractivity contribution >= 4 is 5.78 Å². The van der Waals surface area contributed by atoms with Crippen LogP contribution in [0.1, 0.15) is 15.9 Å².